The summed E-state index contributed by atoms with van der Waals surface area (Å²) >= 11 is 0. The Bertz CT molecular complexity index is 1380. The summed E-state index contributed by atoms with van der Waals surface area (Å²) in [5, 5.41) is 10.7. The van der Waals surface area contributed by atoms with Crippen LogP contribution in [0.15, 0.2) is 53.8 Å². The van der Waals surface area contributed by atoms with Gasteiger partial charge in [0, 0.05) is 25.3 Å². The first kappa shape index (κ1) is 37.3. The van der Waals surface area contributed by atoms with Crippen molar-refractivity contribution in [2.24, 2.45) is 0 Å². The average Bonchev–Trinajstić information content (AvgIpc) is 3.39. The first-order valence-corrected chi connectivity index (χ1v) is 13.2. The number of hydrogen-bond donors (Lipinski definition) is 3. The van der Waals surface area contributed by atoms with Gasteiger partial charge in [0.25, 0.3) is 11.5 Å². The highest BCUT2D eigenvalue weighted by molar-refractivity contribution is 5.80. The highest BCUT2D eigenvalue weighted by Crippen LogP contribution is 2.39. The van der Waals surface area contributed by atoms with Gasteiger partial charge in [-0.1, -0.05) is 18.9 Å². The number of anilines is 1. The Labute approximate surface area is 249 Å². The molecule has 4 rings (SSSR count). The maximum atomic E-state index is 12.6. The van der Waals surface area contributed by atoms with Crippen LogP contribution >= 0.6 is 0 Å². The number of ether oxygens (including phenoxy) is 1. The summed E-state index contributed by atoms with van der Waals surface area (Å²) in [5.74, 6) is 2.42. The van der Waals surface area contributed by atoms with Crippen LogP contribution in [0.3, 0.4) is 0 Å². The number of benzene rings is 2. The van der Waals surface area contributed by atoms with E-state index >= 15 is 0 Å². The van der Waals surface area contributed by atoms with Crippen molar-refractivity contribution in [2.45, 2.75) is 45.8 Å². The number of aliphatic carboxylic acids is 1. The molecule has 1 aromatic heterocycles. The summed E-state index contributed by atoms with van der Waals surface area (Å²) in [4.78, 5) is 42.0. The van der Waals surface area contributed by atoms with Crippen LogP contribution in [-0.4, -0.2) is 55.1 Å². The fraction of sp³-hybridized carbons (Fsp3) is 0.333. The van der Waals surface area contributed by atoms with Crippen LogP contribution in [-0.2, 0) is 22.6 Å². The molecule has 42 heavy (non-hydrogen) atoms. The number of H-pyrrole nitrogens is 1. The molecule has 1 aliphatic carbocycles. The molecule has 0 saturated heterocycles. The lowest BCUT2D eigenvalue weighted by Crippen LogP contribution is -2.28. The molecule has 3 N–H and O–H groups in total. The number of aldehydes is 1. The third-order valence-corrected chi connectivity index (χ3v) is 5.63. The second-order valence-electron chi connectivity index (χ2n) is 8.83. The van der Waals surface area contributed by atoms with Gasteiger partial charge < -0.3 is 25.0 Å². The topological polar surface area (TPSA) is 125 Å². The molecule has 3 aromatic rings. The van der Waals surface area contributed by atoms with Crippen molar-refractivity contribution in [3.8, 4) is 25.2 Å². The van der Waals surface area contributed by atoms with Gasteiger partial charge >= 0.3 is 0 Å². The molecule has 0 aliphatic heterocycles. The van der Waals surface area contributed by atoms with Gasteiger partial charge in [-0.15, -0.1) is 25.8 Å². The second kappa shape index (κ2) is 21.1. The largest absolute Gasteiger partial charge is 0.481 e. The van der Waals surface area contributed by atoms with E-state index in [1.165, 1.54) is 5.56 Å². The van der Waals surface area contributed by atoms with E-state index in [9.17, 15) is 9.59 Å². The normalized spacial score (nSPS) is 12.1. The van der Waals surface area contributed by atoms with Crippen LogP contribution in [0.25, 0.3) is 10.9 Å². The molecule has 1 heterocycles. The smallest absolute Gasteiger partial charge is 0.300 e. The van der Waals surface area contributed by atoms with Crippen molar-refractivity contribution in [1.82, 2.24) is 15.3 Å². The molecule has 9 heteroatoms. The zero-order valence-corrected chi connectivity index (χ0v) is 25.1. The van der Waals surface area contributed by atoms with Gasteiger partial charge in [0.15, 0.2) is 0 Å². The van der Waals surface area contributed by atoms with Gasteiger partial charge in [-0.05, 0) is 80.9 Å². The monoisotopic (exact) mass is 574 g/mol. The number of carbonyl (C=O) groups excluding carboxylic acids is 1. The number of hydrogen-bond acceptors (Lipinski definition) is 7. The molecule has 2 aromatic carbocycles. The van der Waals surface area contributed by atoms with E-state index in [2.05, 4.69) is 52.5 Å². The minimum absolute atomic E-state index is 0.0607. The summed E-state index contributed by atoms with van der Waals surface area (Å²) < 4.78 is 5.09. The van der Waals surface area contributed by atoms with E-state index in [0.717, 1.165) is 43.7 Å². The van der Waals surface area contributed by atoms with Crippen molar-refractivity contribution in [3.05, 3.63) is 81.9 Å². The maximum absolute atomic E-state index is 12.6. The molecule has 1 unspecified atom stereocenters. The zero-order valence-electron chi connectivity index (χ0n) is 25.1. The van der Waals surface area contributed by atoms with Crippen LogP contribution < -0.4 is 15.8 Å². The van der Waals surface area contributed by atoms with E-state index in [1.54, 1.807) is 19.2 Å². The summed E-state index contributed by atoms with van der Waals surface area (Å²) in [7, 11) is 5.32. The number of aromatic nitrogens is 2. The average molecular weight is 575 g/mol. The minimum Gasteiger partial charge on any atom is -0.481 e. The lowest BCUT2D eigenvalue weighted by Gasteiger charge is -2.30. The maximum Gasteiger partial charge on any atom is 0.300 e. The van der Waals surface area contributed by atoms with Crippen molar-refractivity contribution >= 4 is 28.8 Å². The summed E-state index contributed by atoms with van der Waals surface area (Å²) in [6, 6.07) is 11.4. The highest BCUT2D eigenvalue weighted by Gasteiger charge is 2.29. The van der Waals surface area contributed by atoms with Crippen LogP contribution in [0.1, 0.15) is 60.0 Å². The van der Waals surface area contributed by atoms with E-state index in [0.29, 0.717) is 28.8 Å². The Morgan fingerprint density at radius 3 is 2.33 bits per heavy atom. The van der Waals surface area contributed by atoms with E-state index in [4.69, 9.17) is 21.1 Å². The van der Waals surface area contributed by atoms with Gasteiger partial charge in [-0.3, -0.25) is 14.4 Å². The highest BCUT2D eigenvalue weighted by atomic mass is 16.5. The molecule has 1 aliphatic rings. The van der Waals surface area contributed by atoms with Gasteiger partial charge in [-0.2, -0.15) is 0 Å². The number of carbonyl (C=O) groups is 2. The van der Waals surface area contributed by atoms with E-state index in [-0.39, 0.29) is 18.2 Å². The molecule has 0 bridgehead atoms. The van der Waals surface area contributed by atoms with Crippen molar-refractivity contribution in [3.63, 3.8) is 0 Å². The fourth-order valence-corrected chi connectivity index (χ4v) is 4.02. The van der Waals surface area contributed by atoms with Crippen LogP contribution in [0, 0.1) is 25.2 Å². The minimum atomic E-state index is -0.833. The van der Waals surface area contributed by atoms with E-state index in [1.807, 2.05) is 44.4 Å². The summed E-state index contributed by atoms with van der Waals surface area (Å²) in [6.07, 6.45) is 19.2. The molecule has 224 valence electrons. The first-order chi connectivity index (χ1) is 20.2. The molecule has 9 nitrogen and oxygen atoms in total. The van der Waals surface area contributed by atoms with Crippen molar-refractivity contribution < 1.29 is 19.4 Å². The van der Waals surface area contributed by atoms with Crippen molar-refractivity contribution in [2.75, 3.05) is 32.6 Å². The lowest BCUT2D eigenvalue weighted by molar-refractivity contribution is -0.134. The number of rotatable bonds is 7. The predicted octanol–water partition coefficient (Wildman–Crippen LogP) is 4.77. The first-order valence-electron chi connectivity index (χ1n) is 13.2. The number of aromatic amines is 1. The number of allylic oxidation sites excluding steroid dienone is 1. The quantitative estimate of drug-likeness (QED) is 0.210. The number of aryl methyl sites for hydroxylation is 1. The van der Waals surface area contributed by atoms with Gasteiger partial charge in [-0.25, -0.2) is 4.98 Å². The Morgan fingerprint density at radius 2 is 1.86 bits per heavy atom. The van der Waals surface area contributed by atoms with Gasteiger partial charge in [0.05, 0.1) is 23.5 Å². The number of carboxylic acids is 1. The number of methoxy groups -OCH3 is 1. The number of carboxylic acid groups (broad SMARTS) is 1. The summed E-state index contributed by atoms with van der Waals surface area (Å²) in [6.45, 7) is 7.32. The molecular weight excluding hydrogens is 532 g/mol. The molecule has 0 spiro atoms. The van der Waals surface area contributed by atoms with Crippen molar-refractivity contribution in [1.29, 1.82) is 0 Å². The Kier molecular flexibility index (Phi) is 18.7. The Hall–Kier alpha value is -4.70. The van der Waals surface area contributed by atoms with E-state index < -0.39 is 5.97 Å². The number of nitrogens with zero attached hydrogens (tertiary/aromatic N) is 2. The molecule has 0 saturated carbocycles. The van der Waals surface area contributed by atoms with Crippen LogP contribution in [0.4, 0.5) is 5.69 Å². The number of nitrogens with one attached hydrogen (secondary N) is 2. The molecule has 1 atom stereocenters. The predicted molar refractivity (Wildman–Crippen MR) is 171 cm³/mol. The molecule has 0 radical (unpaired) electrons. The number of fused-ring (bicyclic) bond motifs is 2. The summed E-state index contributed by atoms with van der Waals surface area (Å²) in [5.41, 5.74) is 4.36. The lowest BCUT2D eigenvalue weighted by atomic mass is 10.0. The molecule has 0 fully saturated rings. The number of terminal acetylenes is 2. The zero-order chi connectivity index (χ0) is 32.1. The van der Waals surface area contributed by atoms with Gasteiger partial charge in [0.2, 0.25) is 0 Å². The van der Waals surface area contributed by atoms with Gasteiger partial charge in [0.1, 0.15) is 18.7 Å². The SMILES string of the molecule is C#C.C#CCN(c1ccc(C=O)cc1)C1CCc2cc3nc(COC)[nH]c(=O)c3cc21.C=CCC.CC(=O)O.CNC. The molecule has 0 amide bonds. The third-order valence-electron chi connectivity index (χ3n) is 5.63. The fourth-order valence-electron chi connectivity index (χ4n) is 4.02. The standard InChI is InChI=1S/C23H21N3O3.C4H8.C2H7N.C2H4O2.C2H2/c1-3-10-26(17-7-4-15(13-27)5-8-17)21-9-6-16-11-20-19(12-18(16)21)23(28)25-22(24-20)14-29-2;1-3-4-2;1-3-2;1-2(3)4;1-2/h1,4-5,7-8,11-13,21H,6,9-10,14H2,2H3,(H,24,25,28);3H,1,4H2,2H3;3H,1-2H3;1H3,(H,3,4);1-2H. The second-order valence-corrected chi connectivity index (χ2v) is 8.83. The molecular formula is C33H42N4O5. The third kappa shape index (κ3) is 11.8. The van der Waals surface area contributed by atoms with Crippen LogP contribution in [0.5, 0.6) is 0 Å². The Balaban J connectivity index is 0.00000111. The Morgan fingerprint density at radius 1 is 1.29 bits per heavy atom. The van der Waals surface area contributed by atoms with Crippen LogP contribution in [0.2, 0.25) is 0 Å².